The Balaban J connectivity index is 1.47. The molecule has 2 heterocycles. The first-order chi connectivity index (χ1) is 15.5. The van der Waals surface area contributed by atoms with Gasteiger partial charge in [-0.2, -0.15) is 16.9 Å². The third-order valence-electron chi connectivity index (χ3n) is 5.69. The summed E-state index contributed by atoms with van der Waals surface area (Å²) in [4.78, 5) is 4.05. The molecule has 0 fully saturated rings. The predicted molar refractivity (Wildman–Crippen MR) is 123 cm³/mol. The number of hydrogen-bond donors (Lipinski definition) is 4. The van der Waals surface area contributed by atoms with E-state index in [1.54, 1.807) is 0 Å². The maximum Gasteiger partial charge on any atom is 0.218 e. The van der Waals surface area contributed by atoms with Gasteiger partial charge in [0.2, 0.25) is 5.95 Å². The number of aliphatic hydroxyl groups is 1. The second kappa shape index (κ2) is 10.4. The Hall–Kier alpha value is -2.49. The first kappa shape index (κ1) is 22.7. The number of rotatable bonds is 9. The average Bonchev–Trinajstić information content (AvgIpc) is 3.29. The summed E-state index contributed by atoms with van der Waals surface area (Å²) in [6.45, 7) is 2.45. The minimum atomic E-state index is -0.837. The zero-order valence-electron chi connectivity index (χ0n) is 17.8. The molecular formula is C23H27F2N5OS. The van der Waals surface area contributed by atoms with Gasteiger partial charge in [0, 0.05) is 30.2 Å². The molecule has 0 aliphatic carbocycles. The maximum absolute atomic E-state index is 13.7. The largest absolute Gasteiger partial charge is 0.390 e. The van der Waals surface area contributed by atoms with E-state index in [4.69, 9.17) is 0 Å². The molecule has 0 bridgehead atoms. The molecule has 3 unspecified atom stereocenters. The quantitative estimate of drug-likeness (QED) is 0.391. The number of benzene rings is 2. The van der Waals surface area contributed by atoms with E-state index in [0.717, 1.165) is 24.0 Å². The smallest absolute Gasteiger partial charge is 0.218 e. The van der Waals surface area contributed by atoms with Gasteiger partial charge in [0.05, 0.1) is 12.1 Å². The van der Waals surface area contributed by atoms with Crippen LogP contribution in [0.4, 0.5) is 14.7 Å². The molecule has 0 spiro atoms. The monoisotopic (exact) mass is 459 g/mol. The molecule has 1 aromatic heterocycles. The Labute approximate surface area is 190 Å². The SMILES string of the molecule is CCc1ccc2c(c1)C(NCC(O)C(Cc1cc(F)cc(F)c1)Nc1ncn[nH]1)CSC2. The first-order valence-electron chi connectivity index (χ1n) is 10.7. The molecule has 0 amide bonds. The lowest BCUT2D eigenvalue weighted by molar-refractivity contribution is 0.145. The summed E-state index contributed by atoms with van der Waals surface area (Å²) in [5.41, 5.74) is 4.34. The zero-order valence-corrected chi connectivity index (χ0v) is 18.6. The lowest BCUT2D eigenvalue weighted by atomic mass is 9.97. The van der Waals surface area contributed by atoms with Crippen molar-refractivity contribution in [1.82, 2.24) is 20.5 Å². The van der Waals surface area contributed by atoms with E-state index in [1.807, 2.05) is 11.8 Å². The fourth-order valence-corrected chi connectivity index (χ4v) is 5.12. The third kappa shape index (κ3) is 5.65. The molecular weight excluding hydrogens is 432 g/mol. The summed E-state index contributed by atoms with van der Waals surface area (Å²) in [5.74, 6) is 1.00. The summed E-state index contributed by atoms with van der Waals surface area (Å²) in [7, 11) is 0. The molecule has 3 atom stereocenters. The molecule has 0 radical (unpaired) electrons. The van der Waals surface area contributed by atoms with Gasteiger partial charge in [-0.25, -0.2) is 18.9 Å². The fourth-order valence-electron chi connectivity index (χ4n) is 3.99. The van der Waals surface area contributed by atoms with Gasteiger partial charge in [0.15, 0.2) is 0 Å². The van der Waals surface area contributed by atoms with Crippen LogP contribution in [0.3, 0.4) is 0 Å². The van der Waals surface area contributed by atoms with Crippen LogP contribution in [0.15, 0.2) is 42.7 Å². The van der Waals surface area contributed by atoms with Gasteiger partial charge in [-0.3, -0.25) is 0 Å². The van der Waals surface area contributed by atoms with Crippen LogP contribution in [0.2, 0.25) is 0 Å². The van der Waals surface area contributed by atoms with Gasteiger partial charge in [-0.05, 0) is 47.2 Å². The van der Waals surface area contributed by atoms with Crippen molar-refractivity contribution in [2.45, 2.75) is 43.7 Å². The third-order valence-corrected chi connectivity index (χ3v) is 6.77. The molecule has 170 valence electrons. The van der Waals surface area contributed by atoms with Crippen LogP contribution in [-0.4, -0.2) is 44.7 Å². The number of aryl methyl sites for hydroxylation is 1. The number of aliphatic hydroxyl groups excluding tert-OH is 1. The summed E-state index contributed by atoms with van der Waals surface area (Å²) in [6, 6.07) is 9.60. The van der Waals surface area contributed by atoms with E-state index in [-0.39, 0.29) is 12.5 Å². The normalized spacial score (nSPS) is 17.6. The Morgan fingerprint density at radius 1 is 1.19 bits per heavy atom. The Morgan fingerprint density at radius 3 is 2.72 bits per heavy atom. The van der Waals surface area contributed by atoms with Crippen molar-refractivity contribution in [2.24, 2.45) is 0 Å². The highest BCUT2D eigenvalue weighted by molar-refractivity contribution is 7.98. The van der Waals surface area contributed by atoms with E-state index in [2.05, 4.69) is 50.9 Å². The average molecular weight is 460 g/mol. The number of aromatic amines is 1. The van der Waals surface area contributed by atoms with Crippen LogP contribution in [0.5, 0.6) is 0 Å². The Bertz CT molecular complexity index is 1010. The second-order valence-electron chi connectivity index (χ2n) is 8.00. The molecule has 0 saturated carbocycles. The van der Waals surface area contributed by atoms with Crippen molar-refractivity contribution >= 4 is 17.7 Å². The molecule has 32 heavy (non-hydrogen) atoms. The minimum Gasteiger partial charge on any atom is -0.390 e. The van der Waals surface area contributed by atoms with Gasteiger partial charge < -0.3 is 15.7 Å². The maximum atomic E-state index is 13.7. The summed E-state index contributed by atoms with van der Waals surface area (Å²) in [5, 5.41) is 24.1. The topological polar surface area (TPSA) is 85.9 Å². The number of fused-ring (bicyclic) bond motifs is 1. The standard InChI is InChI=1S/C23H27F2N5OS/c1-2-14-3-4-16-11-32-12-21(19(16)7-14)26-10-22(31)20(29-23-27-13-28-30-23)8-15-5-17(24)9-18(25)6-15/h3-7,9,13,20-22,26,31H,2,8,10-12H2,1H3,(H2,27,28,29,30). The molecule has 1 aliphatic heterocycles. The number of hydrogen-bond acceptors (Lipinski definition) is 6. The summed E-state index contributed by atoms with van der Waals surface area (Å²) in [6.07, 6.45) is 1.71. The molecule has 9 heteroatoms. The minimum absolute atomic E-state index is 0.127. The van der Waals surface area contributed by atoms with E-state index < -0.39 is 23.8 Å². The van der Waals surface area contributed by atoms with Gasteiger partial charge in [0.1, 0.15) is 18.0 Å². The molecule has 4 rings (SSSR count). The van der Waals surface area contributed by atoms with Crippen LogP contribution >= 0.6 is 11.8 Å². The molecule has 1 aliphatic rings. The lowest BCUT2D eigenvalue weighted by Crippen LogP contribution is -2.44. The number of halogens is 2. The van der Waals surface area contributed by atoms with E-state index in [9.17, 15) is 13.9 Å². The van der Waals surface area contributed by atoms with E-state index in [0.29, 0.717) is 18.1 Å². The number of anilines is 1. The van der Waals surface area contributed by atoms with Gasteiger partial charge in [-0.15, -0.1) is 0 Å². The highest BCUT2D eigenvalue weighted by Gasteiger charge is 2.25. The van der Waals surface area contributed by atoms with Crippen molar-refractivity contribution < 1.29 is 13.9 Å². The van der Waals surface area contributed by atoms with Crippen molar-refractivity contribution in [3.63, 3.8) is 0 Å². The van der Waals surface area contributed by atoms with Crippen molar-refractivity contribution in [3.8, 4) is 0 Å². The van der Waals surface area contributed by atoms with Crippen molar-refractivity contribution in [1.29, 1.82) is 0 Å². The highest BCUT2D eigenvalue weighted by Crippen LogP contribution is 2.32. The molecule has 2 aromatic carbocycles. The number of nitrogens with one attached hydrogen (secondary N) is 3. The Kier molecular flexibility index (Phi) is 7.39. The van der Waals surface area contributed by atoms with Crippen molar-refractivity contribution in [2.75, 3.05) is 17.6 Å². The van der Waals surface area contributed by atoms with Gasteiger partial charge in [-0.1, -0.05) is 25.1 Å². The van der Waals surface area contributed by atoms with Crippen LogP contribution in [0, 0.1) is 11.6 Å². The number of aromatic nitrogens is 3. The zero-order chi connectivity index (χ0) is 22.5. The molecule has 6 nitrogen and oxygen atoms in total. The van der Waals surface area contributed by atoms with Crippen LogP contribution in [-0.2, 0) is 18.6 Å². The number of thioether (sulfide) groups is 1. The number of nitrogens with zero attached hydrogens (tertiary/aromatic N) is 2. The van der Waals surface area contributed by atoms with Crippen molar-refractivity contribution in [3.05, 3.63) is 76.6 Å². The van der Waals surface area contributed by atoms with Gasteiger partial charge >= 0.3 is 0 Å². The lowest BCUT2D eigenvalue weighted by Gasteiger charge is -2.30. The Morgan fingerprint density at radius 2 is 2.00 bits per heavy atom. The van der Waals surface area contributed by atoms with E-state index in [1.165, 1.54) is 35.2 Å². The highest BCUT2D eigenvalue weighted by atomic mass is 32.2. The summed E-state index contributed by atoms with van der Waals surface area (Å²) >= 11 is 1.86. The predicted octanol–water partition coefficient (Wildman–Crippen LogP) is 3.61. The van der Waals surface area contributed by atoms with Crippen LogP contribution < -0.4 is 10.6 Å². The second-order valence-corrected chi connectivity index (χ2v) is 9.03. The molecule has 4 N–H and O–H groups in total. The van der Waals surface area contributed by atoms with Gasteiger partial charge in [0.25, 0.3) is 0 Å². The summed E-state index contributed by atoms with van der Waals surface area (Å²) < 4.78 is 27.4. The fraction of sp³-hybridized carbons (Fsp3) is 0.391. The van der Waals surface area contributed by atoms with Crippen LogP contribution in [0.1, 0.15) is 35.2 Å². The van der Waals surface area contributed by atoms with Crippen LogP contribution in [0.25, 0.3) is 0 Å². The van der Waals surface area contributed by atoms with E-state index >= 15 is 0 Å². The molecule has 3 aromatic rings. The molecule has 0 saturated heterocycles. The number of H-pyrrole nitrogens is 1. The first-order valence-corrected chi connectivity index (χ1v) is 11.8.